The molecule has 0 saturated heterocycles. The summed E-state index contributed by atoms with van der Waals surface area (Å²) in [5, 5.41) is 3.19. The van der Waals surface area contributed by atoms with E-state index in [0.29, 0.717) is 17.9 Å². The summed E-state index contributed by atoms with van der Waals surface area (Å²) in [7, 11) is 0. The topological polar surface area (TPSA) is 58.6 Å². The van der Waals surface area contributed by atoms with Crippen molar-refractivity contribution in [3.05, 3.63) is 70.9 Å². The molecule has 0 atom stereocenters. The molecule has 1 aliphatic heterocycles. The van der Waals surface area contributed by atoms with E-state index in [0.717, 1.165) is 23.2 Å². The molecular weight excluding hydrogens is 364 g/mol. The Morgan fingerprint density at radius 1 is 0.966 bits per heavy atom. The molecule has 2 aromatic carbocycles. The number of aryl methyl sites for hydroxylation is 2. The highest BCUT2D eigenvalue weighted by Gasteiger charge is 2.39. The molecule has 3 rings (SSSR count). The molecule has 152 valence electrons. The van der Waals surface area contributed by atoms with E-state index >= 15 is 0 Å². The van der Waals surface area contributed by atoms with Crippen molar-refractivity contribution in [1.82, 2.24) is 4.90 Å². The maximum Gasteiger partial charge on any atom is 0.278 e. The zero-order valence-electron chi connectivity index (χ0n) is 17.5. The SMILES string of the molecule is CCc1ccc(NC2=C(c3ccc(C)cc3)C(=O)N(CCOC(C)C)C2=O)cc1. The van der Waals surface area contributed by atoms with Crippen LogP contribution >= 0.6 is 0 Å². The minimum Gasteiger partial charge on any atom is -0.377 e. The van der Waals surface area contributed by atoms with Crippen molar-refractivity contribution in [1.29, 1.82) is 0 Å². The van der Waals surface area contributed by atoms with Crippen LogP contribution in [0.15, 0.2) is 54.2 Å². The lowest BCUT2D eigenvalue weighted by molar-refractivity contribution is -0.137. The third kappa shape index (κ3) is 4.74. The molecule has 0 fully saturated rings. The van der Waals surface area contributed by atoms with Gasteiger partial charge in [-0.2, -0.15) is 0 Å². The smallest absolute Gasteiger partial charge is 0.278 e. The monoisotopic (exact) mass is 392 g/mol. The zero-order chi connectivity index (χ0) is 21.0. The highest BCUT2D eigenvalue weighted by Crippen LogP contribution is 2.30. The number of amides is 2. The summed E-state index contributed by atoms with van der Waals surface area (Å²) in [6.07, 6.45) is 0.987. The third-order valence-electron chi connectivity index (χ3n) is 4.91. The fraction of sp³-hybridized carbons (Fsp3) is 0.333. The second-order valence-corrected chi connectivity index (χ2v) is 7.47. The van der Waals surface area contributed by atoms with Gasteiger partial charge in [-0.05, 0) is 50.5 Å². The number of anilines is 1. The second-order valence-electron chi connectivity index (χ2n) is 7.47. The van der Waals surface area contributed by atoms with Crippen LogP contribution in [0.2, 0.25) is 0 Å². The van der Waals surface area contributed by atoms with Gasteiger partial charge in [0.2, 0.25) is 0 Å². The number of hydrogen-bond acceptors (Lipinski definition) is 4. The number of carbonyl (C=O) groups excluding carboxylic acids is 2. The Balaban J connectivity index is 1.93. The van der Waals surface area contributed by atoms with Crippen LogP contribution in [0, 0.1) is 6.92 Å². The van der Waals surface area contributed by atoms with Crippen LogP contribution in [0.3, 0.4) is 0 Å². The first-order valence-corrected chi connectivity index (χ1v) is 10.1. The van der Waals surface area contributed by atoms with Gasteiger partial charge in [0.05, 0.1) is 24.8 Å². The van der Waals surface area contributed by atoms with E-state index in [-0.39, 0.29) is 24.5 Å². The van der Waals surface area contributed by atoms with Gasteiger partial charge in [0.15, 0.2) is 0 Å². The zero-order valence-corrected chi connectivity index (χ0v) is 17.5. The Hall–Kier alpha value is -2.92. The molecule has 2 amide bonds. The molecule has 0 spiro atoms. The van der Waals surface area contributed by atoms with Crippen LogP contribution in [0.25, 0.3) is 5.57 Å². The summed E-state index contributed by atoms with van der Waals surface area (Å²) in [4.78, 5) is 27.5. The van der Waals surface area contributed by atoms with Gasteiger partial charge in [0.1, 0.15) is 5.70 Å². The molecule has 0 radical (unpaired) electrons. The number of imide groups is 1. The van der Waals surface area contributed by atoms with Crippen LogP contribution in [0.5, 0.6) is 0 Å². The Bertz CT molecular complexity index is 912. The molecule has 0 unspecified atom stereocenters. The van der Waals surface area contributed by atoms with E-state index < -0.39 is 0 Å². The van der Waals surface area contributed by atoms with Crippen LogP contribution in [-0.2, 0) is 20.7 Å². The summed E-state index contributed by atoms with van der Waals surface area (Å²) < 4.78 is 5.55. The predicted octanol–water partition coefficient (Wildman–Crippen LogP) is 4.17. The average molecular weight is 392 g/mol. The molecule has 1 heterocycles. The van der Waals surface area contributed by atoms with Crippen molar-refractivity contribution in [2.24, 2.45) is 0 Å². The number of benzene rings is 2. The minimum atomic E-state index is -0.322. The minimum absolute atomic E-state index is 0.0435. The van der Waals surface area contributed by atoms with Crippen LogP contribution in [0.4, 0.5) is 5.69 Å². The highest BCUT2D eigenvalue weighted by atomic mass is 16.5. The van der Waals surface area contributed by atoms with Gasteiger partial charge in [-0.1, -0.05) is 48.9 Å². The van der Waals surface area contributed by atoms with Gasteiger partial charge in [-0.15, -0.1) is 0 Å². The molecule has 0 aliphatic carbocycles. The molecule has 0 bridgehead atoms. The Kier molecular flexibility index (Phi) is 6.49. The molecule has 2 aromatic rings. The van der Waals surface area contributed by atoms with Crippen LogP contribution in [0.1, 0.15) is 37.5 Å². The molecule has 29 heavy (non-hydrogen) atoms. The molecule has 1 N–H and O–H groups in total. The molecule has 0 saturated carbocycles. The van der Waals surface area contributed by atoms with Gasteiger partial charge in [0.25, 0.3) is 11.8 Å². The molecule has 5 nitrogen and oxygen atoms in total. The van der Waals surface area contributed by atoms with Crippen molar-refractivity contribution >= 4 is 23.1 Å². The van der Waals surface area contributed by atoms with E-state index in [4.69, 9.17) is 4.74 Å². The standard InChI is InChI=1S/C24H28N2O3/c1-5-18-8-12-20(13-9-18)25-22-21(19-10-6-17(4)7-11-19)23(27)26(24(22)28)14-15-29-16(2)3/h6-13,16,25H,5,14-15H2,1-4H3. The highest BCUT2D eigenvalue weighted by molar-refractivity contribution is 6.36. The Morgan fingerprint density at radius 3 is 2.21 bits per heavy atom. The summed E-state index contributed by atoms with van der Waals surface area (Å²) >= 11 is 0. The van der Waals surface area contributed by atoms with E-state index in [1.54, 1.807) is 0 Å². The van der Waals surface area contributed by atoms with E-state index in [1.165, 1.54) is 10.5 Å². The quantitative estimate of drug-likeness (QED) is 0.685. The maximum atomic E-state index is 13.1. The summed E-state index contributed by atoms with van der Waals surface area (Å²) in [6.45, 7) is 8.48. The van der Waals surface area contributed by atoms with E-state index in [1.807, 2.05) is 69.3 Å². The summed E-state index contributed by atoms with van der Waals surface area (Å²) in [6, 6.07) is 15.5. The van der Waals surface area contributed by atoms with E-state index in [9.17, 15) is 9.59 Å². The fourth-order valence-electron chi connectivity index (χ4n) is 3.23. The van der Waals surface area contributed by atoms with Gasteiger partial charge in [0, 0.05) is 5.69 Å². The molecular formula is C24H28N2O3. The maximum absolute atomic E-state index is 13.1. The van der Waals surface area contributed by atoms with Crippen LogP contribution < -0.4 is 5.32 Å². The van der Waals surface area contributed by atoms with Gasteiger partial charge in [-0.25, -0.2) is 0 Å². The summed E-state index contributed by atoms with van der Waals surface area (Å²) in [5.41, 5.74) is 4.53. The number of ether oxygens (including phenoxy) is 1. The van der Waals surface area contributed by atoms with E-state index in [2.05, 4.69) is 12.2 Å². The van der Waals surface area contributed by atoms with Crippen molar-refractivity contribution in [3.63, 3.8) is 0 Å². The van der Waals surface area contributed by atoms with Crippen molar-refractivity contribution in [3.8, 4) is 0 Å². The van der Waals surface area contributed by atoms with Crippen LogP contribution in [-0.4, -0.2) is 36.0 Å². The first-order chi connectivity index (χ1) is 13.9. The fourth-order valence-corrected chi connectivity index (χ4v) is 3.23. The van der Waals surface area contributed by atoms with Gasteiger partial charge >= 0.3 is 0 Å². The van der Waals surface area contributed by atoms with Crippen molar-refractivity contribution in [2.45, 2.75) is 40.2 Å². The molecule has 0 aromatic heterocycles. The Labute approximate surface area is 172 Å². The number of carbonyl (C=O) groups is 2. The lowest BCUT2D eigenvalue weighted by Crippen LogP contribution is -2.35. The van der Waals surface area contributed by atoms with Gasteiger partial charge < -0.3 is 10.1 Å². The Morgan fingerprint density at radius 2 is 1.62 bits per heavy atom. The predicted molar refractivity (Wildman–Crippen MR) is 115 cm³/mol. The second kappa shape index (κ2) is 9.05. The number of nitrogens with one attached hydrogen (secondary N) is 1. The number of hydrogen-bond donors (Lipinski definition) is 1. The summed E-state index contributed by atoms with van der Waals surface area (Å²) in [5.74, 6) is -0.614. The first kappa shape index (κ1) is 20.8. The molecule has 5 heteroatoms. The normalized spacial score (nSPS) is 14.3. The van der Waals surface area contributed by atoms with Crippen molar-refractivity contribution in [2.75, 3.05) is 18.5 Å². The molecule has 1 aliphatic rings. The lowest BCUT2D eigenvalue weighted by atomic mass is 10.0. The van der Waals surface area contributed by atoms with Crippen molar-refractivity contribution < 1.29 is 14.3 Å². The third-order valence-corrected chi connectivity index (χ3v) is 4.91. The number of rotatable bonds is 8. The number of nitrogens with zero attached hydrogens (tertiary/aromatic N) is 1. The largest absolute Gasteiger partial charge is 0.377 e. The van der Waals surface area contributed by atoms with Gasteiger partial charge in [-0.3, -0.25) is 14.5 Å². The first-order valence-electron chi connectivity index (χ1n) is 10.1. The average Bonchev–Trinajstić information content (AvgIpc) is 2.93. The lowest BCUT2D eigenvalue weighted by Gasteiger charge is -2.16.